The molecule has 7 heteroatoms. The van der Waals surface area contributed by atoms with E-state index in [1.165, 1.54) is 6.08 Å². The number of esters is 1. The summed E-state index contributed by atoms with van der Waals surface area (Å²) < 4.78 is 10.3. The predicted molar refractivity (Wildman–Crippen MR) is 89.0 cm³/mol. The van der Waals surface area contributed by atoms with E-state index < -0.39 is 18.5 Å². The number of benzene rings is 2. The standard InChI is InChI=1S/C18H12ClNO5/c19-13-7-3-2-6-12(13)17-20-14(18(23)25-17)9-11-5-1-4-8-15(11)24-10-16(21)22/h1-9H,10H2,(H,21,22)/p-1/b14-9-. The number of hydrogen-bond acceptors (Lipinski definition) is 6. The first-order valence-corrected chi connectivity index (χ1v) is 7.61. The lowest BCUT2D eigenvalue weighted by molar-refractivity contribution is -0.307. The molecular weight excluding hydrogens is 346 g/mol. The normalized spacial score (nSPS) is 15.0. The zero-order chi connectivity index (χ0) is 17.8. The van der Waals surface area contributed by atoms with Crippen molar-refractivity contribution in [3.05, 3.63) is 70.4 Å². The summed E-state index contributed by atoms with van der Waals surface area (Å²) in [4.78, 5) is 26.8. The van der Waals surface area contributed by atoms with Gasteiger partial charge in [0.15, 0.2) is 5.70 Å². The largest absolute Gasteiger partial charge is 0.546 e. The molecule has 1 aliphatic heterocycles. The Morgan fingerprint density at radius 2 is 1.92 bits per heavy atom. The number of rotatable bonds is 5. The first-order chi connectivity index (χ1) is 12.0. The van der Waals surface area contributed by atoms with E-state index in [0.717, 1.165) is 0 Å². The molecular formula is C18H11ClNO5-. The number of ether oxygens (including phenoxy) is 2. The minimum absolute atomic E-state index is 0.0550. The lowest BCUT2D eigenvalue weighted by Crippen LogP contribution is -2.29. The van der Waals surface area contributed by atoms with Crippen molar-refractivity contribution in [1.29, 1.82) is 0 Å². The zero-order valence-corrected chi connectivity index (χ0v) is 13.5. The van der Waals surface area contributed by atoms with Crippen LogP contribution in [0.3, 0.4) is 0 Å². The molecule has 0 atom stereocenters. The van der Waals surface area contributed by atoms with E-state index in [4.69, 9.17) is 21.1 Å². The highest BCUT2D eigenvalue weighted by Gasteiger charge is 2.25. The van der Waals surface area contributed by atoms with Crippen LogP contribution in [-0.2, 0) is 14.3 Å². The van der Waals surface area contributed by atoms with Gasteiger partial charge in [0, 0.05) is 5.56 Å². The molecule has 6 nitrogen and oxygen atoms in total. The number of aliphatic carboxylic acids is 1. The van der Waals surface area contributed by atoms with Crippen LogP contribution in [-0.4, -0.2) is 24.4 Å². The second-order valence-electron chi connectivity index (χ2n) is 5.01. The van der Waals surface area contributed by atoms with Gasteiger partial charge in [0.1, 0.15) is 12.4 Å². The highest BCUT2D eigenvalue weighted by molar-refractivity contribution is 6.34. The van der Waals surface area contributed by atoms with Crippen LogP contribution in [0.1, 0.15) is 11.1 Å². The molecule has 0 fully saturated rings. The topological polar surface area (TPSA) is 88.0 Å². The van der Waals surface area contributed by atoms with Crippen molar-refractivity contribution >= 4 is 35.5 Å². The third-order valence-corrected chi connectivity index (χ3v) is 3.61. The molecule has 3 rings (SSSR count). The average molecular weight is 357 g/mol. The lowest BCUT2D eigenvalue weighted by Gasteiger charge is -2.09. The second kappa shape index (κ2) is 7.19. The molecule has 0 aromatic heterocycles. The third-order valence-electron chi connectivity index (χ3n) is 3.28. The molecule has 0 radical (unpaired) electrons. The van der Waals surface area contributed by atoms with Crippen LogP contribution in [0.15, 0.2) is 59.2 Å². The van der Waals surface area contributed by atoms with Crippen molar-refractivity contribution in [2.24, 2.45) is 4.99 Å². The Balaban J connectivity index is 1.93. The fraction of sp³-hybridized carbons (Fsp3) is 0.0556. The Kier molecular flexibility index (Phi) is 4.81. The highest BCUT2D eigenvalue weighted by Crippen LogP contribution is 2.26. The number of aliphatic imine (C=N–C) groups is 1. The van der Waals surface area contributed by atoms with Gasteiger partial charge in [0.05, 0.1) is 16.6 Å². The molecule has 1 aliphatic rings. The molecule has 0 unspecified atom stereocenters. The Labute approximate surface area is 148 Å². The first-order valence-electron chi connectivity index (χ1n) is 7.24. The molecule has 0 spiro atoms. The Morgan fingerprint density at radius 1 is 1.20 bits per heavy atom. The van der Waals surface area contributed by atoms with Gasteiger partial charge >= 0.3 is 5.97 Å². The van der Waals surface area contributed by atoms with Gasteiger partial charge in [-0.1, -0.05) is 41.9 Å². The average Bonchev–Trinajstić information content (AvgIpc) is 2.95. The maximum Gasteiger partial charge on any atom is 0.363 e. The number of para-hydroxylation sites is 1. The van der Waals surface area contributed by atoms with E-state index in [9.17, 15) is 14.7 Å². The third kappa shape index (κ3) is 3.87. The molecule has 0 aliphatic carbocycles. The van der Waals surface area contributed by atoms with Crippen LogP contribution in [0.4, 0.5) is 0 Å². The molecule has 2 aromatic carbocycles. The number of halogens is 1. The van der Waals surface area contributed by atoms with E-state index in [-0.39, 0.29) is 17.3 Å². The molecule has 0 bridgehead atoms. The number of carboxylic acid groups (broad SMARTS) is 1. The zero-order valence-electron chi connectivity index (χ0n) is 12.8. The maximum atomic E-state index is 12.1. The summed E-state index contributed by atoms with van der Waals surface area (Å²) in [6.07, 6.45) is 1.46. The maximum absolute atomic E-state index is 12.1. The summed E-state index contributed by atoms with van der Waals surface area (Å²) >= 11 is 6.08. The summed E-state index contributed by atoms with van der Waals surface area (Å²) in [5.74, 6) is -1.59. The number of carbonyl (C=O) groups excluding carboxylic acids is 2. The van der Waals surface area contributed by atoms with Gasteiger partial charge in [-0.2, -0.15) is 0 Å². The first kappa shape index (κ1) is 16.7. The number of cyclic esters (lactones) is 1. The summed E-state index contributed by atoms with van der Waals surface area (Å²) in [7, 11) is 0. The van der Waals surface area contributed by atoms with Gasteiger partial charge in [-0.15, -0.1) is 0 Å². The summed E-state index contributed by atoms with van der Waals surface area (Å²) in [5, 5.41) is 11.0. The second-order valence-corrected chi connectivity index (χ2v) is 5.42. The summed E-state index contributed by atoms with van der Waals surface area (Å²) in [6.45, 7) is -0.598. The highest BCUT2D eigenvalue weighted by atomic mass is 35.5. The van der Waals surface area contributed by atoms with Gasteiger partial charge in [-0.25, -0.2) is 9.79 Å². The number of hydrogen-bond donors (Lipinski definition) is 0. The van der Waals surface area contributed by atoms with Crippen molar-refractivity contribution < 1.29 is 24.2 Å². The van der Waals surface area contributed by atoms with Crippen molar-refractivity contribution in [1.82, 2.24) is 0 Å². The van der Waals surface area contributed by atoms with E-state index >= 15 is 0 Å². The van der Waals surface area contributed by atoms with Gasteiger partial charge in [-0.3, -0.25) is 0 Å². The molecule has 126 valence electrons. The minimum Gasteiger partial charge on any atom is -0.546 e. The number of nitrogens with zero attached hydrogens (tertiary/aromatic N) is 1. The Hall–Kier alpha value is -3.12. The van der Waals surface area contributed by atoms with E-state index in [0.29, 0.717) is 16.1 Å². The number of carbonyl (C=O) groups is 2. The predicted octanol–water partition coefficient (Wildman–Crippen LogP) is 1.81. The van der Waals surface area contributed by atoms with Crippen molar-refractivity contribution in [3.8, 4) is 5.75 Å². The van der Waals surface area contributed by atoms with Crippen LogP contribution >= 0.6 is 11.6 Å². The molecule has 1 heterocycles. The molecule has 0 amide bonds. The monoisotopic (exact) mass is 356 g/mol. The van der Waals surface area contributed by atoms with E-state index in [2.05, 4.69) is 4.99 Å². The Morgan fingerprint density at radius 3 is 2.68 bits per heavy atom. The van der Waals surface area contributed by atoms with Crippen molar-refractivity contribution in [3.63, 3.8) is 0 Å². The van der Waals surface area contributed by atoms with Crippen molar-refractivity contribution in [2.75, 3.05) is 6.61 Å². The van der Waals surface area contributed by atoms with Crippen LogP contribution in [0.5, 0.6) is 5.75 Å². The van der Waals surface area contributed by atoms with Gasteiger partial charge < -0.3 is 19.4 Å². The van der Waals surface area contributed by atoms with Crippen molar-refractivity contribution in [2.45, 2.75) is 0 Å². The lowest BCUT2D eigenvalue weighted by atomic mass is 10.1. The van der Waals surface area contributed by atoms with Crippen LogP contribution in [0.25, 0.3) is 6.08 Å². The molecule has 0 saturated heterocycles. The minimum atomic E-state index is -1.35. The van der Waals surface area contributed by atoms with E-state index in [1.807, 2.05) is 0 Å². The SMILES string of the molecule is O=C([O-])COc1ccccc1/C=C1\N=C(c2ccccc2Cl)OC1=O. The van der Waals surface area contributed by atoms with Crippen LogP contribution in [0, 0.1) is 0 Å². The van der Waals surface area contributed by atoms with E-state index in [1.54, 1.807) is 48.5 Å². The summed E-state index contributed by atoms with van der Waals surface area (Å²) in [6, 6.07) is 13.5. The van der Waals surface area contributed by atoms with Gasteiger partial charge in [0.25, 0.3) is 0 Å². The molecule has 25 heavy (non-hydrogen) atoms. The Bertz CT molecular complexity index is 904. The molecule has 0 N–H and O–H groups in total. The van der Waals surface area contributed by atoms with Gasteiger partial charge in [0.2, 0.25) is 5.90 Å². The van der Waals surface area contributed by atoms with Crippen LogP contribution < -0.4 is 9.84 Å². The quantitative estimate of drug-likeness (QED) is 0.602. The fourth-order valence-electron chi connectivity index (χ4n) is 2.17. The smallest absolute Gasteiger partial charge is 0.363 e. The van der Waals surface area contributed by atoms with Crippen LogP contribution in [0.2, 0.25) is 5.02 Å². The fourth-order valence-corrected chi connectivity index (χ4v) is 2.39. The number of carboxylic acids is 1. The van der Waals surface area contributed by atoms with Gasteiger partial charge in [-0.05, 0) is 24.3 Å². The molecule has 2 aromatic rings. The molecule has 0 saturated carbocycles. The summed E-state index contributed by atoms with van der Waals surface area (Å²) in [5.41, 5.74) is 1.04.